The molecule has 4 N–H and O–H groups in total. The number of hydrogen-bond donors (Lipinski definition) is 3. The Kier molecular flexibility index (Phi) is 6.05. The second-order valence-electron chi connectivity index (χ2n) is 5.61. The molecule has 3 rings (SSSR count). The van der Waals surface area contributed by atoms with Crippen LogP contribution in [0.25, 0.3) is 0 Å². The highest BCUT2D eigenvalue weighted by Crippen LogP contribution is 2.28. The highest BCUT2D eigenvalue weighted by atomic mass is 32.2. The predicted octanol–water partition coefficient (Wildman–Crippen LogP) is 3.42. The summed E-state index contributed by atoms with van der Waals surface area (Å²) in [6, 6.07) is 14.6. The lowest BCUT2D eigenvalue weighted by molar-refractivity contribution is -0.113. The Balaban J connectivity index is 1.54. The highest BCUT2D eigenvalue weighted by molar-refractivity contribution is 8.01. The number of nitrogens with zero attached hydrogens (tertiary/aromatic N) is 2. The standard InChI is InChI=1S/C18H17N5O2S2/c1-11-6-8-12(9-7-11)20-17-22-23-18(27-17)26-10-15(24)21-14-5-3-2-4-13(14)16(19)25/h2-9H,10H2,1H3,(H2,19,25)(H,20,22)(H,21,24). The maximum Gasteiger partial charge on any atom is 0.250 e. The summed E-state index contributed by atoms with van der Waals surface area (Å²) in [6.45, 7) is 2.02. The SMILES string of the molecule is Cc1ccc(Nc2nnc(SCC(=O)Nc3ccccc3C(N)=O)s2)cc1. The van der Waals surface area contributed by atoms with Gasteiger partial charge < -0.3 is 16.4 Å². The number of para-hydroxylation sites is 1. The number of rotatable bonds is 7. The van der Waals surface area contributed by atoms with Crippen molar-refractivity contribution in [2.24, 2.45) is 5.73 Å². The van der Waals surface area contributed by atoms with E-state index in [1.165, 1.54) is 28.7 Å². The van der Waals surface area contributed by atoms with Crippen molar-refractivity contribution in [3.63, 3.8) is 0 Å². The van der Waals surface area contributed by atoms with E-state index in [4.69, 9.17) is 5.73 Å². The van der Waals surface area contributed by atoms with E-state index < -0.39 is 5.91 Å². The Labute approximate surface area is 164 Å². The maximum absolute atomic E-state index is 12.1. The number of hydrogen-bond acceptors (Lipinski definition) is 7. The molecule has 27 heavy (non-hydrogen) atoms. The van der Waals surface area contributed by atoms with E-state index in [1.54, 1.807) is 24.3 Å². The molecular formula is C18H17N5O2S2. The lowest BCUT2D eigenvalue weighted by atomic mass is 10.1. The van der Waals surface area contributed by atoms with E-state index >= 15 is 0 Å². The second-order valence-corrected chi connectivity index (χ2v) is 7.81. The molecule has 138 valence electrons. The number of nitrogens with one attached hydrogen (secondary N) is 2. The first-order chi connectivity index (χ1) is 13.0. The van der Waals surface area contributed by atoms with Gasteiger partial charge in [0.25, 0.3) is 5.91 Å². The van der Waals surface area contributed by atoms with Crippen molar-refractivity contribution < 1.29 is 9.59 Å². The molecular weight excluding hydrogens is 382 g/mol. The van der Waals surface area contributed by atoms with Crippen molar-refractivity contribution in [2.45, 2.75) is 11.3 Å². The molecule has 0 unspecified atom stereocenters. The summed E-state index contributed by atoms with van der Waals surface area (Å²) in [7, 11) is 0. The molecule has 1 heterocycles. The Morgan fingerprint density at radius 3 is 2.59 bits per heavy atom. The number of carbonyl (C=O) groups is 2. The third-order valence-corrected chi connectivity index (χ3v) is 5.47. The summed E-state index contributed by atoms with van der Waals surface area (Å²) in [6.07, 6.45) is 0. The van der Waals surface area contributed by atoms with Gasteiger partial charge in [-0.2, -0.15) is 0 Å². The van der Waals surface area contributed by atoms with Crippen molar-refractivity contribution in [1.82, 2.24) is 10.2 Å². The molecule has 0 bridgehead atoms. The maximum atomic E-state index is 12.1. The number of aryl methyl sites for hydroxylation is 1. The summed E-state index contributed by atoms with van der Waals surface area (Å²) in [5, 5.41) is 14.7. The Morgan fingerprint density at radius 1 is 1.11 bits per heavy atom. The van der Waals surface area contributed by atoms with Gasteiger partial charge in [0.15, 0.2) is 4.34 Å². The predicted molar refractivity (Wildman–Crippen MR) is 109 cm³/mol. The van der Waals surface area contributed by atoms with Crippen molar-refractivity contribution >= 4 is 51.4 Å². The number of amides is 2. The van der Waals surface area contributed by atoms with Gasteiger partial charge in [-0.15, -0.1) is 10.2 Å². The molecule has 2 amide bonds. The lowest BCUT2D eigenvalue weighted by Crippen LogP contribution is -2.19. The fourth-order valence-electron chi connectivity index (χ4n) is 2.20. The molecule has 9 heteroatoms. The monoisotopic (exact) mass is 399 g/mol. The zero-order valence-corrected chi connectivity index (χ0v) is 16.1. The summed E-state index contributed by atoms with van der Waals surface area (Å²) < 4.78 is 0.669. The van der Waals surface area contributed by atoms with Gasteiger partial charge in [0.2, 0.25) is 11.0 Å². The van der Waals surface area contributed by atoms with Crippen LogP contribution < -0.4 is 16.4 Å². The molecule has 0 saturated carbocycles. The largest absolute Gasteiger partial charge is 0.366 e. The molecule has 0 radical (unpaired) electrons. The van der Waals surface area contributed by atoms with Crippen molar-refractivity contribution in [2.75, 3.05) is 16.4 Å². The number of nitrogens with two attached hydrogens (primary N) is 1. The van der Waals surface area contributed by atoms with Crippen LogP contribution in [-0.4, -0.2) is 27.8 Å². The summed E-state index contributed by atoms with van der Waals surface area (Å²) in [5.41, 5.74) is 8.09. The molecule has 0 aliphatic carbocycles. The average molecular weight is 400 g/mol. The topological polar surface area (TPSA) is 110 Å². The van der Waals surface area contributed by atoms with E-state index in [0.717, 1.165) is 5.69 Å². The van der Waals surface area contributed by atoms with Gasteiger partial charge in [-0.1, -0.05) is 52.9 Å². The fourth-order valence-corrected chi connectivity index (χ4v) is 3.77. The van der Waals surface area contributed by atoms with E-state index in [1.807, 2.05) is 31.2 Å². The van der Waals surface area contributed by atoms with Gasteiger partial charge in [0, 0.05) is 5.69 Å². The van der Waals surface area contributed by atoms with Gasteiger partial charge in [-0.05, 0) is 31.2 Å². The second kappa shape index (κ2) is 8.65. The van der Waals surface area contributed by atoms with Crippen LogP contribution in [0.15, 0.2) is 52.9 Å². The van der Waals surface area contributed by atoms with Gasteiger partial charge in [0.1, 0.15) is 0 Å². The number of anilines is 3. The third kappa shape index (κ3) is 5.28. The quantitative estimate of drug-likeness (QED) is 0.525. The zero-order chi connectivity index (χ0) is 19.2. The van der Waals surface area contributed by atoms with Crippen LogP contribution in [0, 0.1) is 6.92 Å². The first-order valence-electron chi connectivity index (χ1n) is 8.00. The zero-order valence-electron chi connectivity index (χ0n) is 14.4. The van der Waals surface area contributed by atoms with Crippen LogP contribution in [0.5, 0.6) is 0 Å². The smallest absolute Gasteiger partial charge is 0.250 e. The summed E-state index contributed by atoms with van der Waals surface area (Å²) in [5.74, 6) is -0.696. The van der Waals surface area contributed by atoms with Gasteiger partial charge in [-0.3, -0.25) is 9.59 Å². The molecule has 7 nitrogen and oxygen atoms in total. The van der Waals surface area contributed by atoms with E-state index in [0.29, 0.717) is 15.2 Å². The highest BCUT2D eigenvalue weighted by Gasteiger charge is 2.12. The Morgan fingerprint density at radius 2 is 1.85 bits per heavy atom. The molecule has 0 fully saturated rings. The van der Waals surface area contributed by atoms with Gasteiger partial charge in [-0.25, -0.2) is 0 Å². The molecule has 3 aromatic rings. The lowest BCUT2D eigenvalue weighted by Gasteiger charge is -2.07. The molecule has 0 spiro atoms. The van der Waals surface area contributed by atoms with Crippen LogP contribution in [0.3, 0.4) is 0 Å². The average Bonchev–Trinajstić information content (AvgIpc) is 3.10. The molecule has 0 aliphatic heterocycles. The van der Waals surface area contributed by atoms with Crippen LogP contribution >= 0.6 is 23.1 Å². The number of benzene rings is 2. The minimum absolute atomic E-state index is 0.145. The van der Waals surface area contributed by atoms with Crippen LogP contribution in [-0.2, 0) is 4.79 Å². The fraction of sp³-hybridized carbons (Fsp3) is 0.111. The molecule has 1 aromatic heterocycles. The molecule has 2 aromatic carbocycles. The number of aromatic nitrogens is 2. The molecule has 0 atom stereocenters. The van der Waals surface area contributed by atoms with Crippen molar-refractivity contribution in [3.8, 4) is 0 Å². The van der Waals surface area contributed by atoms with E-state index in [-0.39, 0.29) is 17.2 Å². The Hall–Kier alpha value is -2.91. The first kappa shape index (κ1) is 18.9. The minimum Gasteiger partial charge on any atom is -0.366 e. The van der Waals surface area contributed by atoms with E-state index in [9.17, 15) is 9.59 Å². The number of thioether (sulfide) groups is 1. The normalized spacial score (nSPS) is 10.4. The third-order valence-electron chi connectivity index (χ3n) is 3.50. The van der Waals surface area contributed by atoms with Crippen LogP contribution in [0.1, 0.15) is 15.9 Å². The summed E-state index contributed by atoms with van der Waals surface area (Å²) in [4.78, 5) is 23.5. The first-order valence-corrected chi connectivity index (χ1v) is 9.80. The van der Waals surface area contributed by atoms with Crippen LogP contribution in [0.4, 0.5) is 16.5 Å². The molecule has 0 saturated heterocycles. The van der Waals surface area contributed by atoms with Gasteiger partial charge >= 0.3 is 0 Å². The minimum atomic E-state index is -0.588. The van der Waals surface area contributed by atoms with Crippen LogP contribution in [0.2, 0.25) is 0 Å². The Bertz CT molecular complexity index is 956. The van der Waals surface area contributed by atoms with Crippen molar-refractivity contribution in [3.05, 3.63) is 59.7 Å². The number of carbonyl (C=O) groups excluding carboxylic acids is 2. The van der Waals surface area contributed by atoms with Gasteiger partial charge in [0.05, 0.1) is 17.0 Å². The molecule has 0 aliphatic rings. The number of primary amides is 1. The van der Waals surface area contributed by atoms with Crippen molar-refractivity contribution in [1.29, 1.82) is 0 Å². The summed E-state index contributed by atoms with van der Waals surface area (Å²) >= 11 is 2.64. The van der Waals surface area contributed by atoms with E-state index in [2.05, 4.69) is 20.8 Å².